The molecule has 0 unspecified atom stereocenters. The lowest BCUT2D eigenvalue weighted by atomic mass is 9.96. The Kier molecular flexibility index (Phi) is 2.80. The van der Waals surface area contributed by atoms with E-state index in [0.29, 0.717) is 17.4 Å². The van der Waals surface area contributed by atoms with Crippen LogP contribution in [0, 0.1) is 11.3 Å². The number of hydrogen-bond donors (Lipinski definition) is 1. The van der Waals surface area contributed by atoms with Crippen molar-refractivity contribution in [2.45, 2.75) is 32.9 Å². The quantitative estimate of drug-likeness (QED) is 0.768. The molecule has 0 atom stereocenters. The van der Waals surface area contributed by atoms with E-state index >= 15 is 0 Å². The molecule has 1 aliphatic heterocycles. The molecule has 16 heavy (non-hydrogen) atoms. The highest BCUT2D eigenvalue weighted by atomic mass is 15.1. The van der Waals surface area contributed by atoms with Gasteiger partial charge in [0.1, 0.15) is 11.9 Å². The molecule has 1 aliphatic rings. The van der Waals surface area contributed by atoms with Gasteiger partial charge in [0.05, 0.1) is 5.56 Å². The van der Waals surface area contributed by atoms with Crippen LogP contribution in [0.5, 0.6) is 0 Å². The van der Waals surface area contributed by atoms with Crippen molar-refractivity contribution < 1.29 is 0 Å². The summed E-state index contributed by atoms with van der Waals surface area (Å²) in [4.78, 5) is 6.46. The van der Waals surface area contributed by atoms with Gasteiger partial charge < -0.3 is 5.73 Å². The Labute approximate surface area is 95.7 Å². The van der Waals surface area contributed by atoms with Crippen LogP contribution in [0.15, 0.2) is 6.20 Å². The molecule has 0 saturated carbocycles. The number of anilines is 1. The third-order valence-electron chi connectivity index (χ3n) is 3.17. The fourth-order valence-electron chi connectivity index (χ4n) is 2.15. The molecule has 0 spiro atoms. The highest BCUT2D eigenvalue weighted by Gasteiger charge is 2.22. The lowest BCUT2D eigenvalue weighted by Crippen LogP contribution is -2.36. The van der Waals surface area contributed by atoms with Gasteiger partial charge in [0, 0.05) is 25.3 Å². The fraction of sp³-hybridized carbons (Fsp3) is 0.500. The van der Waals surface area contributed by atoms with E-state index in [0.717, 1.165) is 30.6 Å². The number of fused-ring (bicyclic) bond motifs is 1. The van der Waals surface area contributed by atoms with E-state index in [1.807, 2.05) is 0 Å². The summed E-state index contributed by atoms with van der Waals surface area (Å²) in [6, 6.07) is 2.69. The van der Waals surface area contributed by atoms with Gasteiger partial charge in [-0.25, -0.2) is 4.98 Å². The first-order valence-corrected chi connectivity index (χ1v) is 5.54. The first-order valence-electron chi connectivity index (χ1n) is 5.54. The number of nitriles is 1. The third kappa shape index (κ3) is 1.74. The average Bonchev–Trinajstić information content (AvgIpc) is 2.28. The van der Waals surface area contributed by atoms with Gasteiger partial charge in [-0.05, 0) is 31.4 Å². The minimum atomic E-state index is 0.360. The lowest BCUT2D eigenvalue weighted by Gasteiger charge is -2.32. The van der Waals surface area contributed by atoms with Crippen LogP contribution in [0.4, 0.5) is 5.82 Å². The summed E-state index contributed by atoms with van der Waals surface area (Å²) in [5.74, 6) is 0.360. The smallest absolute Gasteiger partial charge is 0.141 e. The van der Waals surface area contributed by atoms with Crippen LogP contribution < -0.4 is 5.73 Å². The second kappa shape index (κ2) is 4.11. The van der Waals surface area contributed by atoms with E-state index in [1.54, 1.807) is 6.20 Å². The fourth-order valence-corrected chi connectivity index (χ4v) is 2.15. The Balaban J connectivity index is 2.39. The van der Waals surface area contributed by atoms with E-state index in [9.17, 15) is 0 Å². The lowest BCUT2D eigenvalue weighted by molar-refractivity contribution is 0.203. The summed E-state index contributed by atoms with van der Waals surface area (Å²) in [5, 5.41) is 9.07. The maximum Gasteiger partial charge on any atom is 0.141 e. The molecule has 1 aromatic rings. The Morgan fingerprint density at radius 1 is 1.56 bits per heavy atom. The molecule has 0 saturated heterocycles. The molecule has 2 rings (SSSR count). The van der Waals surface area contributed by atoms with Crippen molar-refractivity contribution in [2.24, 2.45) is 0 Å². The summed E-state index contributed by atoms with van der Waals surface area (Å²) in [7, 11) is 0. The predicted octanol–water partition coefficient (Wildman–Crippen LogP) is 1.30. The van der Waals surface area contributed by atoms with Crippen LogP contribution in [-0.4, -0.2) is 22.5 Å². The van der Waals surface area contributed by atoms with Gasteiger partial charge in [0.15, 0.2) is 0 Å². The summed E-state index contributed by atoms with van der Waals surface area (Å²) in [6.45, 7) is 6.22. The van der Waals surface area contributed by atoms with Gasteiger partial charge in [0.2, 0.25) is 0 Å². The molecule has 0 aliphatic carbocycles. The molecule has 0 amide bonds. The van der Waals surface area contributed by atoms with Crippen molar-refractivity contribution in [1.82, 2.24) is 9.88 Å². The zero-order chi connectivity index (χ0) is 11.7. The molecule has 0 aromatic carbocycles. The zero-order valence-corrected chi connectivity index (χ0v) is 9.70. The van der Waals surface area contributed by atoms with Gasteiger partial charge in [-0.2, -0.15) is 5.26 Å². The van der Waals surface area contributed by atoms with Crippen LogP contribution >= 0.6 is 0 Å². The standard InChI is InChI=1S/C12H16N4/c1-8(2)16-4-3-10-9(7-16)6-15-12(14)11(10)5-13/h6,8H,3-4,7H2,1-2H3,(H2,14,15). The van der Waals surface area contributed by atoms with E-state index in [-0.39, 0.29) is 0 Å². The Morgan fingerprint density at radius 2 is 2.31 bits per heavy atom. The number of nitrogens with two attached hydrogens (primary N) is 1. The van der Waals surface area contributed by atoms with E-state index in [4.69, 9.17) is 11.0 Å². The van der Waals surface area contributed by atoms with Crippen molar-refractivity contribution >= 4 is 5.82 Å². The average molecular weight is 216 g/mol. The molecule has 1 aromatic heterocycles. The second-order valence-electron chi connectivity index (χ2n) is 4.45. The first-order chi connectivity index (χ1) is 7.63. The molecule has 2 heterocycles. The summed E-state index contributed by atoms with van der Waals surface area (Å²) in [5.41, 5.74) is 8.51. The van der Waals surface area contributed by atoms with Gasteiger partial charge >= 0.3 is 0 Å². The normalized spacial score (nSPS) is 15.9. The molecule has 4 heteroatoms. The van der Waals surface area contributed by atoms with Crippen LogP contribution in [0.2, 0.25) is 0 Å². The maximum atomic E-state index is 9.07. The zero-order valence-electron chi connectivity index (χ0n) is 9.70. The summed E-state index contributed by atoms with van der Waals surface area (Å²) in [6.07, 6.45) is 2.70. The number of aromatic nitrogens is 1. The molecule has 0 radical (unpaired) electrons. The molecule has 0 fully saturated rings. The van der Waals surface area contributed by atoms with Gasteiger partial charge in [0.25, 0.3) is 0 Å². The molecule has 2 N–H and O–H groups in total. The first kappa shape index (κ1) is 10.9. The van der Waals surface area contributed by atoms with Gasteiger partial charge in [-0.3, -0.25) is 4.90 Å². The topological polar surface area (TPSA) is 65.9 Å². The highest BCUT2D eigenvalue weighted by molar-refractivity contribution is 5.55. The monoisotopic (exact) mass is 216 g/mol. The number of rotatable bonds is 1. The van der Waals surface area contributed by atoms with Crippen molar-refractivity contribution in [2.75, 3.05) is 12.3 Å². The highest BCUT2D eigenvalue weighted by Crippen LogP contribution is 2.25. The minimum absolute atomic E-state index is 0.360. The molecular formula is C12H16N4. The van der Waals surface area contributed by atoms with Crippen LogP contribution in [0.25, 0.3) is 0 Å². The SMILES string of the molecule is CC(C)N1CCc2c(cnc(N)c2C#N)C1. The minimum Gasteiger partial charge on any atom is -0.383 e. The summed E-state index contributed by atoms with van der Waals surface area (Å²) >= 11 is 0. The van der Waals surface area contributed by atoms with Crippen LogP contribution in [0.3, 0.4) is 0 Å². The molecule has 84 valence electrons. The van der Waals surface area contributed by atoms with Crippen molar-refractivity contribution in [3.05, 3.63) is 22.9 Å². The summed E-state index contributed by atoms with van der Waals surface area (Å²) < 4.78 is 0. The largest absolute Gasteiger partial charge is 0.383 e. The second-order valence-corrected chi connectivity index (χ2v) is 4.45. The Morgan fingerprint density at radius 3 is 2.94 bits per heavy atom. The van der Waals surface area contributed by atoms with E-state index in [1.165, 1.54) is 0 Å². The van der Waals surface area contributed by atoms with Crippen molar-refractivity contribution in [3.8, 4) is 6.07 Å². The van der Waals surface area contributed by atoms with Crippen molar-refractivity contribution in [1.29, 1.82) is 5.26 Å². The van der Waals surface area contributed by atoms with Gasteiger partial charge in [-0.15, -0.1) is 0 Å². The van der Waals surface area contributed by atoms with Crippen LogP contribution in [-0.2, 0) is 13.0 Å². The molecule has 4 nitrogen and oxygen atoms in total. The van der Waals surface area contributed by atoms with Gasteiger partial charge in [-0.1, -0.05) is 0 Å². The number of nitrogens with zero attached hydrogens (tertiary/aromatic N) is 3. The number of pyridine rings is 1. The molecular weight excluding hydrogens is 200 g/mol. The predicted molar refractivity (Wildman–Crippen MR) is 62.6 cm³/mol. The third-order valence-corrected chi connectivity index (χ3v) is 3.17. The van der Waals surface area contributed by atoms with E-state index in [2.05, 4.69) is 29.8 Å². The van der Waals surface area contributed by atoms with E-state index < -0.39 is 0 Å². The van der Waals surface area contributed by atoms with Crippen LogP contribution in [0.1, 0.15) is 30.5 Å². The maximum absolute atomic E-state index is 9.07. The number of hydrogen-bond acceptors (Lipinski definition) is 4. The number of nitrogen functional groups attached to an aromatic ring is 1. The molecule has 0 bridgehead atoms. The Bertz CT molecular complexity index is 445. The Hall–Kier alpha value is -1.60. The van der Waals surface area contributed by atoms with Crippen molar-refractivity contribution in [3.63, 3.8) is 0 Å².